The number of carbonyl (C=O) groups is 1. The number of imidazole rings is 1. The minimum Gasteiger partial charge on any atom is -0.352 e. The summed E-state index contributed by atoms with van der Waals surface area (Å²) in [7, 11) is 0. The van der Waals surface area contributed by atoms with Crippen LogP contribution in [0, 0.1) is 5.92 Å². The summed E-state index contributed by atoms with van der Waals surface area (Å²) in [5, 5.41) is 3.07. The maximum atomic E-state index is 12.6. The molecule has 0 bridgehead atoms. The molecule has 1 aliphatic carbocycles. The normalized spacial score (nSPS) is 16.6. The molecule has 4 nitrogen and oxygen atoms in total. The van der Waals surface area contributed by atoms with Gasteiger partial charge in [0.05, 0.1) is 12.0 Å². The molecular formula is C34H31N3O. The molecule has 1 aliphatic rings. The Morgan fingerprint density at radius 2 is 1.26 bits per heavy atom. The fourth-order valence-electron chi connectivity index (χ4n) is 5.64. The summed E-state index contributed by atoms with van der Waals surface area (Å²) in [6.07, 6.45) is 5.68. The van der Waals surface area contributed by atoms with Crippen molar-refractivity contribution < 1.29 is 4.79 Å². The topological polar surface area (TPSA) is 46.9 Å². The number of carbonyl (C=O) groups excluding carboxylic acids is 1. The van der Waals surface area contributed by atoms with E-state index in [1.807, 2.05) is 36.7 Å². The molecule has 1 heterocycles. The summed E-state index contributed by atoms with van der Waals surface area (Å²) in [6, 6.07) is 41.9. The molecule has 38 heavy (non-hydrogen) atoms. The molecule has 4 aromatic carbocycles. The van der Waals surface area contributed by atoms with Gasteiger partial charge in [0, 0.05) is 25.1 Å². The van der Waals surface area contributed by atoms with Gasteiger partial charge in [0.1, 0.15) is 5.54 Å². The Balaban J connectivity index is 1.29. The fraction of sp³-hybridized carbons (Fsp3) is 0.176. The highest BCUT2D eigenvalue weighted by molar-refractivity contribution is 5.76. The van der Waals surface area contributed by atoms with Crippen LogP contribution in [0.4, 0.5) is 0 Å². The van der Waals surface area contributed by atoms with Gasteiger partial charge < -0.3 is 9.88 Å². The van der Waals surface area contributed by atoms with Crippen molar-refractivity contribution in [1.82, 2.24) is 14.9 Å². The van der Waals surface area contributed by atoms with Crippen molar-refractivity contribution in [1.29, 1.82) is 0 Å². The zero-order valence-corrected chi connectivity index (χ0v) is 21.3. The van der Waals surface area contributed by atoms with E-state index in [9.17, 15) is 4.79 Å². The number of nitrogens with zero attached hydrogens (tertiary/aromatic N) is 2. The lowest BCUT2D eigenvalue weighted by Crippen LogP contribution is -2.36. The van der Waals surface area contributed by atoms with E-state index < -0.39 is 5.54 Å². The number of rotatable bonds is 9. The smallest absolute Gasteiger partial charge is 0.220 e. The summed E-state index contributed by atoms with van der Waals surface area (Å²) in [4.78, 5) is 17.5. The number of nitrogens with one attached hydrogen (secondary N) is 1. The first-order valence-electron chi connectivity index (χ1n) is 13.3. The zero-order valence-electron chi connectivity index (χ0n) is 21.3. The molecule has 0 unspecified atom stereocenters. The average Bonchev–Trinajstić information content (AvgIpc) is 3.57. The number of hydrogen-bond acceptors (Lipinski definition) is 2. The maximum absolute atomic E-state index is 12.6. The molecule has 5 aromatic rings. The van der Waals surface area contributed by atoms with Gasteiger partial charge in [-0.2, -0.15) is 0 Å². The largest absolute Gasteiger partial charge is 0.352 e. The van der Waals surface area contributed by atoms with Crippen LogP contribution in [0.25, 0.3) is 0 Å². The van der Waals surface area contributed by atoms with E-state index >= 15 is 0 Å². The van der Waals surface area contributed by atoms with Crippen molar-refractivity contribution in [3.05, 3.63) is 162 Å². The molecule has 2 atom stereocenters. The molecule has 1 fully saturated rings. The molecular weight excluding hydrogens is 466 g/mol. The molecule has 1 N–H and O–H groups in total. The number of benzene rings is 4. The molecule has 0 aliphatic heterocycles. The second-order valence-corrected chi connectivity index (χ2v) is 10.1. The predicted molar refractivity (Wildman–Crippen MR) is 151 cm³/mol. The first-order chi connectivity index (χ1) is 18.7. The molecule has 1 aromatic heterocycles. The van der Waals surface area contributed by atoms with Gasteiger partial charge >= 0.3 is 0 Å². The molecule has 1 saturated carbocycles. The second kappa shape index (κ2) is 10.5. The predicted octanol–water partition coefficient (Wildman–Crippen LogP) is 6.53. The Morgan fingerprint density at radius 1 is 0.763 bits per heavy atom. The van der Waals surface area contributed by atoms with Gasteiger partial charge in [-0.3, -0.25) is 4.79 Å². The van der Waals surface area contributed by atoms with Crippen LogP contribution < -0.4 is 5.32 Å². The Kier molecular flexibility index (Phi) is 6.62. The number of amides is 1. The van der Waals surface area contributed by atoms with Crippen molar-refractivity contribution in [3.63, 3.8) is 0 Å². The SMILES string of the molecule is O=C(C[C@@H]1C[C@@H]1c1cn(C(c2ccccc2)(c2ccccc2)c2ccccc2)cn1)NCc1ccccc1. The average molecular weight is 498 g/mol. The van der Waals surface area contributed by atoms with Crippen LogP contribution in [0.5, 0.6) is 0 Å². The molecule has 0 radical (unpaired) electrons. The van der Waals surface area contributed by atoms with Crippen LogP contribution >= 0.6 is 0 Å². The first-order valence-corrected chi connectivity index (χ1v) is 13.3. The third-order valence-electron chi connectivity index (χ3n) is 7.65. The maximum Gasteiger partial charge on any atom is 0.220 e. The van der Waals surface area contributed by atoms with Crippen LogP contribution in [-0.4, -0.2) is 15.5 Å². The lowest BCUT2D eigenvalue weighted by molar-refractivity contribution is -0.121. The Labute approximate surface area is 224 Å². The summed E-state index contributed by atoms with van der Waals surface area (Å²) >= 11 is 0. The van der Waals surface area contributed by atoms with Crippen LogP contribution in [0.15, 0.2) is 134 Å². The highest BCUT2D eigenvalue weighted by Gasteiger charge is 2.43. The van der Waals surface area contributed by atoms with Gasteiger partial charge in [0.2, 0.25) is 5.91 Å². The lowest BCUT2D eigenvalue weighted by atomic mass is 9.77. The van der Waals surface area contributed by atoms with Gasteiger partial charge in [-0.05, 0) is 34.6 Å². The summed E-state index contributed by atoms with van der Waals surface area (Å²) in [6.45, 7) is 0.569. The minimum absolute atomic E-state index is 0.105. The molecule has 6 rings (SSSR count). The van der Waals surface area contributed by atoms with Crippen molar-refractivity contribution in [2.45, 2.75) is 30.8 Å². The standard InChI is InChI=1S/C34H31N3O/c38-33(35-23-26-13-5-1-6-14-26)22-27-21-31(27)32-24-37(25-36-32)34(28-15-7-2-8-16-28,29-17-9-3-10-18-29)30-19-11-4-12-20-30/h1-20,24-25,27,31H,21-23H2,(H,35,38)/t27-,31-/m0/s1. The third kappa shape index (κ3) is 4.66. The van der Waals surface area contributed by atoms with Crippen molar-refractivity contribution >= 4 is 5.91 Å². The fourth-order valence-corrected chi connectivity index (χ4v) is 5.64. The van der Waals surface area contributed by atoms with Gasteiger partial charge in [0.25, 0.3) is 0 Å². The zero-order chi connectivity index (χ0) is 25.8. The summed E-state index contributed by atoms with van der Waals surface area (Å²) in [5.74, 6) is 0.737. The van der Waals surface area contributed by atoms with Crippen molar-refractivity contribution in [2.24, 2.45) is 5.92 Å². The van der Waals surface area contributed by atoms with E-state index in [0.717, 1.165) is 17.7 Å². The van der Waals surface area contributed by atoms with Gasteiger partial charge in [-0.15, -0.1) is 0 Å². The van der Waals surface area contributed by atoms with Crippen LogP contribution in [0.1, 0.15) is 46.7 Å². The van der Waals surface area contributed by atoms with Crippen LogP contribution in [0.3, 0.4) is 0 Å². The molecule has 4 heteroatoms. The van der Waals surface area contributed by atoms with Crippen molar-refractivity contribution in [2.75, 3.05) is 0 Å². The molecule has 0 saturated heterocycles. The highest BCUT2D eigenvalue weighted by atomic mass is 16.1. The van der Waals surface area contributed by atoms with Crippen LogP contribution in [0.2, 0.25) is 0 Å². The first kappa shape index (κ1) is 23.9. The molecule has 0 spiro atoms. The van der Waals surface area contributed by atoms with Gasteiger partial charge in [-0.25, -0.2) is 4.98 Å². The van der Waals surface area contributed by atoms with E-state index in [4.69, 9.17) is 4.98 Å². The molecule has 188 valence electrons. The second-order valence-electron chi connectivity index (χ2n) is 10.1. The van der Waals surface area contributed by atoms with E-state index in [2.05, 4.69) is 107 Å². The van der Waals surface area contributed by atoms with E-state index in [-0.39, 0.29) is 5.91 Å². The third-order valence-corrected chi connectivity index (χ3v) is 7.65. The quantitative estimate of drug-likeness (QED) is 0.235. The molecule has 1 amide bonds. The lowest BCUT2D eigenvalue weighted by Gasteiger charge is -2.37. The summed E-state index contributed by atoms with van der Waals surface area (Å²) in [5.41, 5.74) is 5.13. The number of hydrogen-bond donors (Lipinski definition) is 1. The van der Waals surface area contributed by atoms with E-state index in [0.29, 0.717) is 24.8 Å². The van der Waals surface area contributed by atoms with Crippen molar-refractivity contribution in [3.8, 4) is 0 Å². The Bertz CT molecular complexity index is 1380. The van der Waals surface area contributed by atoms with E-state index in [1.54, 1.807) is 0 Å². The number of aromatic nitrogens is 2. The van der Waals surface area contributed by atoms with Crippen LogP contribution in [-0.2, 0) is 16.9 Å². The Hall–Kier alpha value is -4.44. The summed E-state index contributed by atoms with van der Waals surface area (Å²) < 4.78 is 2.26. The Morgan fingerprint density at radius 3 is 1.79 bits per heavy atom. The van der Waals surface area contributed by atoms with E-state index in [1.165, 1.54) is 16.7 Å². The van der Waals surface area contributed by atoms with Gasteiger partial charge in [0.15, 0.2) is 0 Å². The minimum atomic E-state index is -0.563. The monoisotopic (exact) mass is 497 g/mol. The van der Waals surface area contributed by atoms with Gasteiger partial charge in [-0.1, -0.05) is 121 Å². The highest BCUT2D eigenvalue weighted by Crippen LogP contribution is 2.50.